The van der Waals surface area contributed by atoms with Crippen LogP contribution in [0.1, 0.15) is 22.8 Å². The van der Waals surface area contributed by atoms with Gasteiger partial charge in [-0.15, -0.1) is 0 Å². The summed E-state index contributed by atoms with van der Waals surface area (Å²) >= 11 is 0. The number of aliphatic hydroxyl groups excluding tert-OH is 7. The molecule has 10 N–H and O–H groups in total. The molecular formula is C38H42O19. The number of ether oxygens (including phenoxy) is 8. The smallest absolute Gasteiger partial charge is 0.330 e. The minimum atomic E-state index is -1.90. The van der Waals surface area contributed by atoms with E-state index in [4.69, 9.17) is 37.9 Å². The van der Waals surface area contributed by atoms with Gasteiger partial charge in [0.15, 0.2) is 17.6 Å². The Balaban J connectivity index is 1.32. The number of phenols is 3. The molecule has 0 saturated carbocycles. The molecule has 2 fully saturated rings. The molecule has 0 aromatic heterocycles. The van der Waals surface area contributed by atoms with Crippen LogP contribution in [-0.4, -0.2) is 146 Å². The average molecular weight is 803 g/mol. The van der Waals surface area contributed by atoms with E-state index in [1.54, 1.807) is 12.1 Å². The summed E-state index contributed by atoms with van der Waals surface area (Å²) in [5.74, 6) is -2.11. The summed E-state index contributed by atoms with van der Waals surface area (Å²) in [7, 11) is 2.58. The van der Waals surface area contributed by atoms with Crippen LogP contribution >= 0.6 is 0 Å². The van der Waals surface area contributed by atoms with Crippen LogP contribution in [-0.2, 0) is 23.7 Å². The number of carbonyl (C=O) groups excluding carboxylic acids is 1. The summed E-state index contributed by atoms with van der Waals surface area (Å²) in [6.07, 6.45) is -14.6. The number of benzene rings is 3. The zero-order chi connectivity index (χ0) is 41.1. The molecule has 0 radical (unpaired) electrons. The summed E-state index contributed by atoms with van der Waals surface area (Å²) in [4.78, 5) is 12.5. The molecule has 3 aromatic rings. The van der Waals surface area contributed by atoms with Crippen molar-refractivity contribution >= 4 is 18.1 Å². The summed E-state index contributed by atoms with van der Waals surface area (Å²) in [6, 6.07) is 11.0. The first kappa shape index (κ1) is 41.3. The normalized spacial score (nSPS) is 29.8. The van der Waals surface area contributed by atoms with Gasteiger partial charge in [0, 0.05) is 23.8 Å². The second-order valence-electron chi connectivity index (χ2n) is 13.2. The Morgan fingerprint density at radius 1 is 0.719 bits per heavy atom. The van der Waals surface area contributed by atoms with E-state index in [2.05, 4.69) is 0 Å². The molecule has 6 rings (SSSR count). The lowest BCUT2D eigenvalue weighted by Crippen LogP contribution is -2.60. The van der Waals surface area contributed by atoms with Gasteiger partial charge >= 0.3 is 5.97 Å². The quantitative estimate of drug-likeness (QED) is 0.0820. The zero-order valence-corrected chi connectivity index (χ0v) is 30.3. The van der Waals surface area contributed by atoms with Gasteiger partial charge < -0.3 is 89.0 Å². The van der Waals surface area contributed by atoms with Crippen LogP contribution in [0.2, 0.25) is 0 Å². The van der Waals surface area contributed by atoms with Crippen LogP contribution in [0.4, 0.5) is 0 Å². The van der Waals surface area contributed by atoms with Gasteiger partial charge in [-0.1, -0.05) is 12.1 Å². The van der Waals surface area contributed by atoms with Crippen LogP contribution in [0.15, 0.2) is 60.4 Å². The molecule has 308 valence electrons. The molecule has 3 aliphatic rings. The van der Waals surface area contributed by atoms with Crippen molar-refractivity contribution in [2.45, 2.75) is 67.5 Å². The Bertz CT molecular complexity index is 1920. The predicted octanol–water partition coefficient (Wildman–Crippen LogP) is -0.445. The van der Waals surface area contributed by atoms with Crippen molar-refractivity contribution in [1.29, 1.82) is 0 Å². The van der Waals surface area contributed by atoms with E-state index in [9.17, 15) is 55.9 Å². The van der Waals surface area contributed by atoms with Crippen molar-refractivity contribution < 1.29 is 93.8 Å². The van der Waals surface area contributed by atoms with Crippen LogP contribution in [0, 0.1) is 0 Å². The van der Waals surface area contributed by atoms with Gasteiger partial charge in [0.25, 0.3) is 0 Å². The third kappa shape index (κ3) is 8.81. The Hall–Kier alpha value is -5.35. The molecule has 0 amide bonds. The average Bonchev–Trinajstić information content (AvgIpc) is 3.20. The second-order valence-corrected chi connectivity index (χ2v) is 13.2. The number of fused-ring (bicyclic) bond motifs is 1. The molecule has 1 unspecified atom stereocenters. The number of methoxy groups -OCH3 is 2. The minimum Gasteiger partial charge on any atom is -0.508 e. The molecule has 0 spiro atoms. The Morgan fingerprint density at radius 2 is 1.32 bits per heavy atom. The number of aliphatic hydroxyl groups is 7. The zero-order valence-electron chi connectivity index (χ0n) is 30.3. The third-order valence-corrected chi connectivity index (χ3v) is 9.39. The lowest BCUT2D eigenvalue weighted by Gasteiger charge is -2.41. The van der Waals surface area contributed by atoms with Crippen molar-refractivity contribution in [3.63, 3.8) is 0 Å². The topological polar surface area (TPSA) is 293 Å². The standard InChI is InChI=1S/C38H42O19/c1-50-23-9-17(10-24(51-2)29(23)43)36-25(13-20-21(53-36)11-19(41)12-22(20)54-37-34(48)32(46)30(44)26(14-39)56-37)55-38-35(49)33(47)31(45)27(57-38)15-52-28(42)8-5-16-3-6-18(40)7-4-16/h3-13,26-27,30-41,43-49H,14-15H2,1-2H3/b8-5+/t26-,27-,30-,31-,32+,33+,34-,35-,36?,37-,38-/m1/s1. The minimum absolute atomic E-state index is 0.0328. The summed E-state index contributed by atoms with van der Waals surface area (Å²) in [5, 5.41) is 104. The first-order chi connectivity index (χ1) is 27.2. The van der Waals surface area contributed by atoms with Gasteiger partial charge in [-0.3, -0.25) is 0 Å². The molecule has 11 atom stereocenters. The SMILES string of the molecule is COc1cc(C2Oc3cc(O)cc(O[C@@H]4O[C@H](CO)[C@@H](O)[C@H](O)[C@H]4O)c3C=C2O[C@@H]2O[C@H](COC(=O)/C=C/c3ccc(O)cc3)[C@@H](O)[C@H](O)[C@H]2O)cc(OC)c1O. The highest BCUT2D eigenvalue weighted by molar-refractivity contribution is 5.87. The summed E-state index contributed by atoms with van der Waals surface area (Å²) < 4.78 is 45.5. The van der Waals surface area contributed by atoms with Gasteiger partial charge in [0.2, 0.25) is 18.3 Å². The maximum absolute atomic E-state index is 12.5. The number of carbonyl (C=O) groups is 1. The van der Waals surface area contributed by atoms with Gasteiger partial charge in [0.1, 0.15) is 84.2 Å². The molecule has 57 heavy (non-hydrogen) atoms. The van der Waals surface area contributed by atoms with E-state index >= 15 is 0 Å². The number of hydrogen-bond acceptors (Lipinski definition) is 19. The highest BCUT2D eigenvalue weighted by Crippen LogP contribution is 2.48. The van der Waals surface area contributed by atoms with Crippen molar-refractivity contribution in [3.05, 3.63) is 77.1 Å². The fraction of sp³-hybridized carbons (Fsp3) is 0.395. The van der Waals surface area contributed by atoms with Crippen molar-refractivity contribution in [2.24, 2.45) is 0 Å². The Morgan fingerprint density at radius 3 is 1.93 bits per heavy atom. The maximum atomic E-state index is 12.5. The highest BCUT2D eigenvalue weighted by Gasteiger charge is 2.48. The first-order valence-electron chi connectivity index (χ1n) is 17.4. The Labute approximate surface area is 323 Å². The fourth-order valence-electron chi connectivity index (χ4n) is 6.26. The van der Waals surface area contributed by atoms with Gasteiger partial charge in [-0.05, 0) is 42.0 Å². The molecule has 2 saturated heterocycles. The molecule has 19 nitrogen and oxygen atoms in total. The molecule has 3 aliphatic heterocycles. The van der Waals surface area contributed by atoms with E-state index in [0.717, 1.165) is 12.1 Å². The first-order valence-corrected chi connectivity index (χ1v) is 17.4. The Kier molecular flexibility index (Phi) is 12.6. The summed E-state index contributed by atoms with van der Waals surface area (Å²) in [5.41, 5.74) is 0.825. The van der Waals surface area contributed by atoms with E-state index < -0.39 is 92.4 Å². The van der Waals surface area contributed by atoms with Crippen LogP contribution in [0.5, 0.6) is 40.2 Å². The fourth-order valence-corrected chi connectivity index (χ4v) is 6.26. The van der Waals surface area contributed by atoms with Crippen LogP contribution in [0.3, 0.4) is 0 Å². The number of aromatic hydroxyl groups is 3. The van der Waals surface area contributed by atoms with E-state index in [1.807, 2.05) is 0 Å². The monoisotopic (exact) mass is 802 g/mol. The molecule has 3 aromatic carbocycles. The van der Waals surface area contributed by atoms with Gasteiger partial charge in [0.05, 0.1) is 26.4 Å². The predicted molar refractivity (Wildman–Crippen MR) is 191 cm³/mol. The lowest BCUT2D eigenvalue weighted by atomic mass is 9.98. The van der Waals surface area contributed by atoms with Crippen molar-refractivity contribution in [1.82, 2.24) is 0 Å². The molecule has 19 heteroatoms. The summed E-state index contributed by atoms with van der Waals surface area (Å²) in [6.45, 7) is -1.35. The number of hydrogen-bond donors (Lipinski definition) is 10. The molecular weight excluding hydrogens is 760 g/mol. The van der Waals surface area contributed by atoms with Crippen LogP contribution in [0.25, 0.3) is 12.2 Å². The number of rotatable bonds is 12. The van der Waals surface area contributed by atoms with Crippen molar-refractivity contribution in [2.75, 3.05) is 27.4 Å². The number of phenolic OH excluding ortho intramolecular Hbond substituents is 3. The molecule has 3 heterocycles. The van der Waals surface area contributed by atoms with Gasteiger partial charge in [-0.25, -0.2) is 4.79 Å². The molecule has 0 bridgehead atoms. The van der Waals surface area contributed by atoms with E-state index in [-0.39, 0.29) is 51.4 Å². The highest BCUT2D eigenvalue weighted by atomic mass is 16.7. The lowest BCUT2D eigenvalue weighted by molar-refractivity contribution is -0.294. The van der Waals surface area contributed by atoms with Crippen LogP contribution < -0.4 is 18.9 Å². The second kappa shape index (κ2) is 17.4. The molecule has 0 aliphatic carbocycles. The maximum Gasteiger partial charge on any atom is 0.330 e. The third-order valence-electron chi connectivity index (χ3n) is 9.39. The largest absolute Gasteiger partial charge is 0.508 e. The van der Waals surface area contributed by atoms with E-state index in [0.29, 0.717) is 5.56 Å². The van der Waals surface area contributed by atoms with E-state index in [1.165, 1.54) is 56.7 Å². The van der Waals surface area contributed by atoms with Crippen molar-refractivity contribution in [3.8, 4) is 40.2 Å². The van der Waals surface area contributed by atoms with Gasteiger partial charge in [-0.2, -0.15) is 0 Å². The number of esters is 1.